The quantitative estimate of drug-likeness (QED) is 0.189. The van der Waals surface area contributed by atoms with E-state index in [1.807, 2.05) is 45.0 Å². The lowest BCUT2D eigenvalue weighted by Crippen LogP contribution is -2.59. The number of hydrogen-bond acceptors (Lipinski definition) is 9. The number of benzene rings is 2. The number of hydrogen-bond donors (Lipinski definition) is 6. The minimum Gasteiger partial charge on any atom is -0.457 e. The number of aliphatic hydroxyl groups is 5. The Kier molecular flexibility index (Phi) is 17.7. The number of nitrogens with one attached hydrogen (secondary N) is 1. The van der Waals surface area contributed by atoms with Gasteiger partial charge in [-0.05, 0) is 67.0 Å². The minimum absolute atomic E-state index is 0.0439. The molecule has 6 unspecified atom stereocenters. The highest BCUT2D eigenvalue weighted by Gasteiger charge is 2.46. The maximum absolute atomic E-state index is 14.0. The third kappa shape index (κ3) is 15.8. The molecule has 49 heavy (non-hydrogen) atoms. The van der Waals surface area contributed by atoms with Crippen LogP contribution in [0.3, 0.4) is 0 Å². The van der Waals surface area contributed by atoms with Crippen molar-refractivity contribution in [3.63, 3.8) is 0 Å². The Bertz CT molecular complexity index is 1180. The molecule has 1 amide bonds. The first-order chi connectivity index (χ1) is 22.6. The Hall–Kier alpha value is -2.71. The van der Waals surface area contributed by atoms with Gasteiger partial charge in [-0.1, -0.05) is 73.1 Å². The van der Waals surface area contributed by atoms with Gasteiger partial charge in [0.15, 0.2) is 12.5 Å². The Balaban J connectivity index is 0.000000582. The van der Waals surface area contributed by atoms with Gasteiger partial charge in [0, 0.05) is 12.5 Å². The lowest BCUT2D eigenvalue weighted by Gasteiger charge is -2.40. The summed E-state index contributed by atoms with van der Waals surface area (Å²) in [6.45, 7) is 16.8. The van der Waals surface area contributed by atoms with E-state index in [0.717, 1.165) is 19.3 Å². The van der Waals surface area contributed by atoms with E-state index in [1.54, 1.807) is 32.9 Å². The normalized spacial score (nSPS) is 22.4. The molecule has 6 N–H and O–H groups in total. The Morgan fingerprint density at radius 2 is 1.43 bits per heavy atom. The molecule has 0 bridgehead atoms. The van der Waals surface area contributed by atoms with Crippen LogP contribution in [0.15, 0.2) is 48.5 Å². The molecule has 0 aromatic heterocycles. The third-order valence-electron chi connectivity index (χ3n) is 7.54. The molecule has 1 aliphatic rings. The first kappa shape index (κ1) is 44.3. The number of ether oxygens (including phenoxy) is 3. The number of amides is 1. The molecule has 3 rings (SSSR count). The summed E-state index contributed by atoms with van der Waals surface area (Å²) in [6.07, 6.45) is -7.95. The highest BCUT2D eigenvalue weighted by Crippen LogP contribution is 2.37. The van der Waals surface area contributed by atoms with Crippen molar-refractivity contribution in [1.29, 1.82) is 0 Å². The van der Waals surface area contributed by atoms with Crippen LogP contribution in [0.4, 0.5) is 8.78 Å². The van der Waals surface area contributed by atoms with Crippen LogP contribution in [-0.4, -0.2) is 94.7 Å². The average molecular weight is 700 g/mol. The third-order valence-corrected chi connectivity index (χ3v) is 7.54. The number of aryl methyl sites for hydroxylation is 1. The highest BCUT2D eigenvalue weighted by molar-refractivity contribution is 5.81. The van der Waals surface area contributed by atoms with E-state index in [2.05, 4.69) is 26.1 Å². The van der Waals surface area contributed by atoms with Crippen molar-refractivity contribution in [3.8, 4) is 11.5 Å². The van der Waals surface area contributed by atoms with Gasteiger partial charge in [0.05, 0.1) is 25.4 Å². The van der Waals surface area contributed by atoms with E-state index in [9.17, 15) is 34.0 Å². The monoisotopic (exact) mass is 699 g/mol. The summed E-state index contributed by atoms with van der Waals surface area (Å²) < 4.78 is 42.9. The van der Waals surface area contributed by atoms with Gasteiger partial charge in [-0.2, -0.15) is 0 Å². The smallest absolute Gasteiger partial charge is 0.225 e. The second-order valence-corrected chi connectivity index (χ2v) is 15.4. The predicted molar refractivity (Wildman–Crippen MR) is 184 cm³/mol. The summed E-state index contributed by atoms with van der Waals surface area (Å²) in [7, 11) is 1.00. The van der Waals surface area contributed by atoms with Crippen molar-refractivity contribution in [2.24, 2.45) is 16.2 Å². The van der Waals surface area contributed by atoms with Crippen LogP contribution in [0.2, 0.25) is 0 Å². The second-order valence-electron chi connectivity index (χ2n) is 15.4. The molecule has 2 aromatic rings. The molecular formula is C37H59F2NO9. The molecule has 0 radical (unpaired) electrons. The van der Waals surface area contributed by atoms with E-state index >= 15 is 0 Å². The van der Waals surface area contributed by atoms with Crippen LogP contribution in [0.5, 0.6) is 11.5 Å². The number of rotatable bonds is 11. The van der Waals surface area contributed by atoms with Crippen molar-refractivity contribution in [2.75, 3.05) is 20.3 Å². The molecule has 1 heterocycles. The number of aliphatic hydroxyl groups excluding tert-OH is 5. The van der Waals surface area contributed by atoms with E-state index in [4.69, 9.17) is 19.3 Å². The Morgan fingerprint density at radius 3 is 1.90 bits per heavy atom. The van der Waals surface area contributed by atoms with Crippen LogP contribution < -0.4 is 10.1 Å². The van der Waals surface area contributed by atoms with Gasteiger partial charge in [-0.15, -0.1) is 0 Å². The standard InChI is InChI=1S/C23H44FNO7.C13H11FO.CH4O/c1-21(2,3)12-23(7,8)9-14(27)13(25-20(30)22(4,5)6)11-31-19-18(29)17(28)16(24)15(10-26)32-19;1-10-2-6-12(7-3-10)15-13-8-4-11(14)5-9-13;1-2/h13-19,26-29H,9-12H2,1-8H3,(H,25,30);2-9H,1H3;2H,1H3/t13-,14?,15?,16?,17?,18?,19?;;/m0../s1. The fourth-order valence-corrected chi connectivity index (χ4v) is 5.47. The molecule has 0 saturated carbocycles. The van der Waals surface area contributed by atoms with Gasteiger partial charge in [-0.25, -0.2) is 8.78 Å². The maximum Gasteiger partial charge on any atom is 0.225 e. The zero-order chi connectivity index (χ0) is 37.7. The van der Waals surface area contributed by atoms with Gasteiger partial charge in [0.1, 0.15) is 35.6 Å². The number of carbonyl (C=O) groups excluding carboxylic acids is 1. The molecule has 280 valence electrons. The van der Waals surface area contributed by atoms with Crippen molar-refractivity contribution in [2.45, 2.75) is 118 Å². The molecule has 1 saturated heterocycles. The topological polar surface area (TPSA) is 158 Å². The molecule has 1 fully saturated rings. The lowest BCUT2D eigenvalue weighted by molar-refractivity contribution is -0.293. The van der Waals surface area contributed by atoms with Crippen LogP contribution in [0.1, 0.15) is 73.8 Å². The second kappa shape index (κ2) is 19.6. The molecule has 2 aromatic carbocycles. The van der Waals surface area contributed by atoms with Crippen LogP contribution in [-0.2, 0) is 14.3 Å². The number of halogens is 2. The average Bonchev–Trinajstić information content (AvgIpc) is 3.00. The fourth-order valence-electron chi connectivity index (χ4n) is 5.47. The van der Waals surface area contributed by atoms with Crippen LogP contribution >= 0.6 is 0 Å². The highest BCUT2D eigenvalue weighted by atomic mass is 19.1. The van der Waals surface area contributed by atoms with Gasteiger partial charge in [-0.3, -0.25) is 4.79 Å². The van der Waals surface area contributed by atoms with Crippen molar-refractivity contribution in [3.05, 3.63) is 59.9 Å². The molecular weight excluding hydrogens is 640 g/mol. The SMILES string of the molecule is CC(C)(C)CC(C)(C)CC(O)[C@H](COC1OC(CO)C(F)C(O)C1O)NC(=O)C(C)(C)C.CO.Cc1ccc(Oc2ccc(F)cc2)cc1. The number of carbonyl (C=O) groups is 1. The van der Waals surface area contributed by atoms with Crippen LogP contribution in [0, 0.1) is 29.0 Å². The van der Waals surface area contributed by atoms with Crippen molar-refractivity contribution >= 4 is 5.91 Å². The lowest BCUT2D eigenvalue weighted by atomic mass is 9.73. The zero-order valence-corrected chi connectivity index (χ0v) is 30.6. The van der Waals surface area contributed by atoms with Gasteiger partial charge in [0.2, 0.25) is 5.91 Å². The summed E-state index contributed by atoms with van der Waals surface area (Å²) in [4.78, 5) is 12.6. The fraction of sp³-hybridized carbons (Fsp3) is 0.649. The maximum atomic E-state index is 14.0. The number of alkyl halides is 1. The largest absolute Gasteiger partial charge is 0.457 e. The molecule has 12 heteroatoms. The van der Waals surface area contributed by atoms with E-state index < -0.39 is 54.9 Å². The summed E-state index contributed by atoms with van der Waals surface area (Å²) in [6, 6.07) is 12.9. The van der Waals surface area contributed by atoms with Gasteiger partial charge < -0.3 is 45.1 Å². The summed E-state index contributed by atoms with van der Waals surface area (Å²) in [5, 5.41) is 50.1. The predicted octanol–water partition coefficient (Wildman–Crippen LogP) is 5.06. The minimum atomic E-state index is -1.96. The molecule has 0 aliphatic carbocycles. The first-order valence-corrected chi connectivity index (χ1v) is 16.4. The zero-order valence-electron chi connectivity index (χ0n) is 30.6. The first-order valence-electron chi connectivity index (χ1n) is 16.4. The molecule has 7 atom stereocenters. The molecule has 1 aliphatic heterocycles. The summed E-state index contributed by atoms with van der Waals surface area (Å²) in [5.41, 5.74) is 0.284. The molecule has 0 spiro atoms. The van der Waals surface area contributed by atoms with Crippen molar-refractivity contribution in [1.82, 2.24) is 5.32 Å². The van der Waals surface area contributed by atoms with E-state index in [0.29, 0.717) is 12.2 Å². The van der Waals surface area contributed by atoms with E-state index in [1.165, 1.54) is 17.7 Å². The van der Waals surface area contributed by atoms with Crippen LogP contribution in [0.25, 0.3) is 0 Å². The van der Waals surface area contributed by atoms with Crippen molar-refractivity contribution < 1.29 is 53.3 Å². The Morgan fingerprint density at radius 1 is 0.918 bits per heavy atom. The Labute approximate surface area is 290 Å². The van der Waals surface area contributed by atoms with Gasteiger partial charge >= 0.3 is 0 Å². The summed E-state index contributed by atoms with van der Waals surface area (Å²) >= 11 is 0. The van der Waals surface area contributed by atoms with Gasteiger partial charge in [0.25, 0.3) is 0 Å². The van der Waals surface area contributed by atoms with E-state index in [-0.39, 0.29) is 29.2 Å². The summed E-state index contributed by atoms with van der Waals surface area (Å²) in [5.74, 6) is 0.847. The molecule has 10 nitrogen and oxygen atoms in total.